The van der Waals surface area contributed by atoms with Crippen LogP contribution in [0, 0.1) is 19.7 Å². The molecule has 0 bridgehead atoms. The average molecular weight is 486 g/mol. The number of carbonyl (C=O) groups excluding carboxylic acids is 1. The number of nitrogens with one attached hydrogen (secondary N) is 1. The van der Waals surface area contributed by atoms with Gasteiger partial charge in [-0.3, -0.25) is 9.59 Å². The molecule has 174 valence electrons. The van der Waals surface area contributed by atoms with Gasteiger partial charge in [0.1, 0.15) is 11.9 Å². The number of carboxylic acids is 1. The second-order valence-corrected chi connectivity index (χ2v) is 9.67. The van der Waals surface area contributed by atoms with Gasteiger partial charge in [0.15, 0.2) is 0 Å². The Morgan fingerprint density at radius 1 is 1.16 bits per heavy atom. The lowest BCUT2D eigenvalue weighted by Gasteiger charge is -2.26. The number of sulfonamides is 1. The van der Waals surface area contributed by atoms with E-state index >= 15 is 0 Å². The fourth-order valence-corrected chi connectivity index (χ4v) is 5.21. The van der Waals surface area contributed by atoms with E-state index in [1.165, 1.54) is 32.0 Å². The molecule has 0 aromatic heterocycles. The predicted octanol–water partition coefficient (Wildman–Crippen LogP) is 3.91. The molecule has 0 aliphatic carbocycles. The Morgan fingerprint density at radius 2 is 1.78 bits per heavy atom. The molecule has 2 aromatic rings. The van der Waals surface area contributed by atoms with Gasteiger partial charge < -0.3 is 9.84 Å². The van der Waals surface area contributed by atoms with Crippen molar-refractivity contribution in [3.8, 4) is 0 Å². The first-order chi connectivity index (χ1) is 14.8. The van der Waals surface area contributed by atoms with Gasteiger partial charge >= 0.3 is 11.9 Å². The van der Waals surface area contributed by atoms with Crippen molar-refractivity contribution in [2.45, 2.75) is 50.5 Å². The van der Waals surface area contributed by atoms with Crippen molar-refractivity contribution in [3.63, 3.8) is 0 Å². The van der Waals surface area contributed by atoms with Gasteiger partial charge in [-0.2, -0.15) is 4.72 Å². The molecule has 0 fully saturated rings. The molecule has 0 spiro atoms. The minimum absolute atomic E-state index is 0.0494. The van der Waals surface area contributed by atoms with Crippen molar-refractivity contribution in [1.82, 2.24) is 4.72 Å². The van der Waals surface area contributed by atoms with Crippen LogP contribution in [0.15, 0.2) is 35.2 Å². The zero-order valence-corrected chi connectivity index (χ0v) is 19.8. The predicted molar refractivity (Wildman–Crippen MR) is 118 cm³/mol. The molecule has 2 unspecified atom stereocenters. The van der Waals surface area contributed by atoms with Crippen LogP contribution in [0.1, 0.15) is 47.9 Å². The highest BCUT2D eigenvalue weighted by Crippen LogP contribution is 2.31. The Hall–Kier alpha value is -2.49. The summed E-state index contributed by atoms with van der Waals surface area (Å²) in [5, 5.41) is 9.53. The molecular formula is C22H25ClFNO6S. The van der Waals surface area contributed by atoms with Crippen LogP contribution in [0.2, 0.25) is 5.02 Å². The second kappa shape index (κ2) is 9.97. The van der Waals surface area contributed by atoms with Gasteiger partial charge in [0.2, 0.25) is 10.0 Å². The average Bonchev–Trinajstić information content (AvgIpc) is 2.73. The molecule has 0 saturated carbocycles. The fourth-order valence-electron chi connectivity index (χ4n) is 3.48. The second-order valence-electron chi connectivity index (χ2n) is 7.56. The Bertz CT molecular complexity index is 1150. The van der Waals surface area contributed by atoms with E-state index in [-0.39, 0.29) is 21.0 Å². The van der Waals surface area contributed by atoms with E-state index in [0.717, 1.165) is 18.7 Å². The van der Waals surface area contributed by atoms with Gasteiger partial charge in [-0.05, 0) is 67.3 Å². The fraction of sp³-hybridized carbons (Fsp3) is 0.364. The van der Waals surface area contributed by atoms with E-state index in [1.807, 2.05) is 0 Å². The van der Waals surface area contributed by atoms with Crippen LogP contribution < -0.4 is 4.72 Å². The molecule has 0 heterocycles. The summed E-state index contributed by atoms with van der Waals surface area (Å²) in [7, 11) is -3.33. The highest BCUT2D eigenvalue weighted by molar-refractivity contribution is 7.89. The number of carboxylic acid groups (broad SMARTS) is 1. The van der Waals surface area contributed by atoms with Gasteiger partial charge in [0.25, 0.3) is 0 Å². The number of esters is 1. The summed E-state index contributed by atoms with van der Waals surface area (Å²) in [5.74, 6) is -4.86. The molecule has 2 aromatic carbocycles. The SMILES string of the molecule is COC(=O)[C@@H](NS(=O)(=O)c1ccc(Cl)cc1C(C)C(=O)O)C(C)c1c(F)ccc(C)c1C. The Balaban J connectivity index is 2.59. The molecule has 32 heavy (non-hydrogen) atoms. The van der Waals surface area contributed by atoms with Crippen molar-refractivity contribution in [1.29, 1.82) is 0 Å². The summed E-state index contributed by atoms with van der Waals surface area (Å²) < 4.78 is 48.2. The van der Waals surface area contributed by atoms with E-state index in [4.69, 9.17) is 16.3 Å². The zero-order valence-electron chi connectivity index (χ0n) is 18.3. The maximum atomic E-state index is 14.7. The lowest BCUT2D eigenvalue weighted by atomic mass is 9.88. The van der Waals surface area contributed by atoms with Crippen LogP contribution in [-0.4, -0.2) is 38.6 Å². The lowest BCUT2D eigenvalue weighted by Crippen LogP contribution is -2.45. The number of methoxy groups -OCH3 is 1. The summed E-state index contributed by atoms with van der Waals surface area (Å²) >= 11 is 5.95. The van der Waals surface area contributed by atoms with E-state index in [9.17, 15) is 27.5 Å². The quantitative estimate of drug-likeness (QED) is 0.548. The highest BCUT2D eigenvalue weighted by atomic mass is 35.5. The van der Waals surface area contributed by atoms with E-state index in [0.29, 0.717) is 5.56 Å². The number of halogens is 2. The lowest BCUT2D eigenvalue weighted by molar-refractivity contribution is -0.143. The van der Waals surface area contributed by atoms with Crippen LogP contribution in [0.25, 0.3) is 0 Å². The summed E-state index contributed by atoms with van der Waals surface area (Å²) in [6.07, 6.45) is 0. The number of hydrogen-bond donors (Lipinski definition) is 2. The largest absolute Gasteiger partial charge is 0.481 e. The maximum Gasteiger partial charge on any atom is 0.324 e. The normalized spacial score (nSPS) is 14.5. The molecule has 0 radical (unpaired) electrons. The highest BCUT2D eigenvalue weighted by Gasteiger charge is 2.36. The van der Waals surface area contributed by atoms with E-state index < -0.39 is 45.7 Å². The van der Waals surface area contributed by atoms with Crippen molar-refractivity contribution >= 4 is 33.6 Å². The van der Waals surface area contributed by atoms with Gasteiger partial charge in [-0.15, -0.1) is 0 Å². The van der Waals surface area contributed by atoms with Crippen LogP contribution >= 0.6 is 11.6 Å². The number of rotatable bonds is 8. The summed E-state index contributed by atoms with van der Waals surface area (Å²) in [6, 6.07) is 5.08. The number of benzene rings is 2. The number of hydrogen-bond acceptors (Lipinski definition) is 5. The Labute approximate surface area is 191 Å². The molecule has 2 N–H and O–H groups in total. The molecule has 10 heteroatoms. The molecule has 2 rings (SSSR count). The minimum atomic E-state index is -4.42. The van der Waals surface area contributed by atoms with Gasteiger partial charge in [-0.25, -0.2) is 12.8 Å². The topological polar surface area (TPSA) is 110 Å². The molecule has 3 atom stereocenters. The summed E-state index contributed by atoms with van der Waals surface area (Å²) in [5.41, 5.74) is 1.48. The van der Waals surface area contributed by atoms with Crippen molar-refractivity contribution in [3.05, 3.63) is 63.4 Å². The van der Waals surface area contributed by atoms with Crippen molar-refractivity contribution in [2.24, 2.45) is 0 Å². The number of carbonyl (C=O) groups is 2. The first kappa shape index (κ1) is 25.8. The van der Waals surface area contributed by atoms with E-state index in [2.05, 4.69) is 4.72 Å². The zero-order chi connectivity index (χ0) is 24.4. The Morgan fingerprint density at radius 3 is 2.34 bits per heavy atom. The summed E-state index contributed by atoms with van der Waals surface area (Å²) in [4.78, 5) is 23.7. The van der Waals surface area contributed by atoms with Gasteiger partial charge in [-0.1, -0.05) is 24.6 Å². The Kier molecular flexibility index (Phi) is 8.03. The molecule has 0 amide bonds. The number of aryl methyl sites for hydroxylation is 1. The van der Waals surface area contributed by atoms with Gasteiger partial charge in [0.05, 0.1) is 17.9 Å². The van der Waals surface area contributed by atoms with Crippen molar-refractivity contribution < 1.29 is 32.2 Å². The minimum Gasteiger partial charge on any atom is -0.481 e. The van der Waals surface area contributed by atoms with Crippen LogP contribution in [0.3, 0.4) is 0 Å². The molecule has 0 aliphatic heterocycles. The van der Waals surface area contributed by atoms with E-state index in [1.54, 1.807) is 19.9 Å². The first-order valence-electron chi connectivity index (χ1n) is 9.69. The molecular weight excluding hydrogens is 461 g/mol. The third-order valence-corrected chi connectivity index (χ3v) is 7.27. The van der Waals surface area contributed by atoms with Crippen LogP contribution in [0.5, 0.6) is 0 Å². The summed E-state index contributed by atoms with van der Waals surface area (Å²) in [6.45, 7) is 6.28. The smallest absolute Gasteiger partial charge is 0.324 e. The maximum absolute atomic E-state index is 14.7. The third kappa shape index (κ3) is 5.28. The van der Waals surface area contributed by atoms with Gasteiger partial charge in [0, 0.05) is 10.9 Å². The molecule has 0 saturated heterocycles. The monoisotopic (exact) mass is 485 g/mol. The first-order valence-corrected chi connectivity index (χ1v) is 11.6. The van der Waals surface area contributed by atoms with Crippen molar-refractivity contribution in [2.75, 3.05) is 7.11 Å². The van der Waals surface area contributed by atoms with Crippen LogP contribution in [0.4, 0.5) is 4.39 Å². The molecule has 7 nitrogen and oxygen atoms in total. The number of ether oxygens (including phenoxy) is 1. The molecule has 0 aliphatic rings. The number of aliphatic carboxylic acids is 1. The third-order valence-electron chi connectivity index (χ3n) is 5.52. The van der Waals surface area contributed by atoms with Crippen LogP contribution in [-0.2, 0) is 24.3 Å². The standard InChI is InChI=1S/C22H25ClFNO6S/c1-11-6-8-17(24)19(12(11)2)14(4)20(22(28)31-5)25-32(29,30)18-9-7-15(23)10-16(18)13(3)21(26)27/h6-10,13-14,20,25H,1-5H3,(H,26,27)/t13?,14?,20-/m0/s1.